The van der Waals surface area contributed by atoms with Gasteiger partial charge in [-0.3, -0.25) is 4.90 Å². The predicted octanol–water partition coefficient (Wildman–Crippen LogP) is 2.49. The average molecular weight is 212 g/mol. The molecule has 1 fully saturated rings. The van der Waals surface area contributed by atoms with Crippen LogP contribution >= 0.6 is 0 Å². The van der Waals surface area contributed by atoms with E-state index in [2.05, 4.69) is 37.9 Å². The highest BCUT2D eigenvalue weighted by Crippen LogP contribution is 2.17. The van der Waals surface area contributed by atoms with Crippen molar-refractivity contribution in [1.29, 1.82) is 0 Å². The zero-order valence-electron chi connectivity index (χ0n) is 10.9. The lowest BCUT2D eigenvalue weighted by Gasteiger charge is -2.37. The number of hydrogen-bond acceptors (Lipinski definition) is 2. The van der Waals surface area contributed by atoms with Gasteiger partial charge in [0.15, 0.2) is 0 Å². The second-order valence-corrected chi connectivity index (χ2v) is 5.60. The Morgan fingerprint density at radius 1 is 1.20 bits per heavy atom. The van der Waals surface area contributed by atoms with Gasteiger partial charge in [0, 0.05) is 25.2 Å². The molecule has 0 bridgehead atoms. The SMILES string of the molecule is CC(C)CN1CCCCC1CNC(C)C. The summed E-state index contributed by atoms with van der Waals surface area (Å²) in [7, 11) is 0. The monoisotopic (exact) mass is 212 g/mol. The summed E-state index contributed by atoms with van der Waals surface area (Å²) in [5.74, 6) is 0.796. The molecule has 0 aliphatic carbocycles. The summed E-state index contributed by atoms with van der Waals surface area (Å²) in [6.45, 7) is 12.9. The van der Waals surface area contributed by atoms with Crippen LogP contribution in [0.1, 0.15) is 47.0 Å². The minimum Gasteiger partial charge on any atom is -0.313 e. The minimum absolute atomic E-state index is 0.618. The van der Waals surface area contributed by atoms with Crippen LogP contribution in [0, 0.1) is 5.92 Å². The molecule has 0 radical (unpaired) electrons. The van der Waals surface area contributed by atoms with Crippen LogP contribution in [0.5, 0.6) is 0 Å². The Morgan fingerprint density at radius 2 is 1.93 bits per heavy atom. The van der Waals surface area contributed by atoms with E-state index in [4.69, 9.17) is 0 Å². The van der Waals surface area contributed by atoms with E-state index >= 15 is 0 Å². The van der Waals surface area contributed by atoms with Gasteiger partial charge >= 0.3 is 0 Å². The molecule has 1 N–H and O–H groups in total. The summed E-state index contributed by atoms with van der Waals surface area (Å²) >= 11 is 0. The molecular formula is C13H28N2. The van der Waals surface area contributed by atoms with E-state index in [9.17, 15) is 0 Å². The summed E-state index contributed by atoms with van der Waals surface area (Å²) < 4.78 is 0. The number of nitrogens with zero attached hydrogens (tertiary/aromatic N) is 1. The van der Waals surface area contributed by atoms with E-state index in [0.717, 1.165) is 12.0 Å². The fraction of sp³-hybridized carbons (Fsp3) is 1.00. The zero-order chi connectivity index (χ0) is 11.3. The lowest BCUT2D eigenvalue weighted by molar-refractivity contribution is 0.128. The summed E-state index contributed by atoms with van der Waals surface area (Å²) in [6.07, 6.45) is 4.19. The molecule has 1 aliphatic heterocycles. The molecule has 0 aromatic rings. The van der Waals surface area contributed by atoms with Crippen LogP contribution in [0.15, 0.2) is 0 Å². The van der Waals surface area contributed by atoms with Gasteiger partial charge in [0.25, 0.3) is 0 Å². The minimum atomic E-state index is 0.618. The van der Waals surface area contributed by atoms with Crippen molar-refractivity contribution in [1.82, 2.24) is 10.2 Å². The molecule has 0 amide bonds. The Labute approximate surface area is 95.4 Å². The van der Waals surface area contributed by atoms with Crippen LogP contribution in [0.25, 0.3) is 0 Å². The molecule has 90 valence electrons. The fourth-order valence-corrected chi connectivity index (χ4v) is 2.37. The van der Waals surface area contributed by atoms with Crippen molar-refractivity contribution in [2.45, 2.75) is 59.0 Å². The van der Waals surface area contributed by atoms with E-state index in [-0.39, 0.29) is 0 Å². The first-order valence-electron chi connectivity index (χ1n) is 6.57. The molecule has 2 heteroatoms. The van der Waals surface area contributed by atoms with E-state index in [1.54, 1.807) is 0 Å². The van der Waals surface area contributed by atoms with Gasteiger partial charge in [-0.15, -0.1) is 0 Å². The van der Waals surface area contributed by atoms with Crippen molar-refractivity contribution in [2.24, 2.45) is 5.92 Å². The second kappa shape index (κ2) is 6.49. The summed E-state index contributed by atoms with van der Waals surface area (Å²) in [5.41, 5.74) is 0. The highest BCUT2D eigenvalue weighted by Gasteiger charge is 2.22. The van der Waals surface area contributed by atoms with Crippen LogP contribution in [-0.4, -0.2) is 36.6 Å². The molecule has 2 nitrogen and oxygen atoms in total. The van der Waals surface area contributed by atoms with Crippen LogP contribution in [0.3, 0.4) is 0 Å². The summed E-state index contributed by atoms with van der Waals surface area (Å²) in [5, 5.41) is 3.58. The number of hydrogen-bond donors (Lipinski definition) is 1. The van der Waals surface area contributed by atoms with E-state index in [0.29, 0.717) is 6.04 Å². The number of piperidine rings is 1. The molecule has 1 unspecified atom stereocenters. The molecule has 1 rings (SSSR count). The number of nitrogens with one attached hydrogen (secondary N) is 1. The molecule has 1 saturated heterocycles. The first-order chi connectivity index (χ1) is 7.09. The summed E-state index contributed by atoms with van der Waals surface area (Å²) in [4.78, 5) is 2.68. The van der Waals surface area contributed by atoms with Crippen LogP contribution < -0.4 is 5.32 Å². The Morgan fingerprint density at radius 3 is 2.53 bits per heavy atom. The third-order valence-electron chi connectivity index (χ3n) is 3.11. The van der Waals surface area contributed by atoms with Crippen LogP contribution in [0.2, 0.25) is 0 Å². The molecular weight excluding hydrogens is 184 g/mol. The number of rotatable bonds is 5. The Kier molecular flexibility index (Phi) is 5.62. The van der Waals surface area contributed by atoms with Crippen LogP contribution in [-0.2, 0) is 0 Å². The number of likely N-dealkylation sites (tertiary alicyclic amines) is 1. The molecule has 0 saturated carbocycles. The third kappa shape index (κ3) is 4.98. The van der Waals surface area contributed by atoms with Gasteiger partial charge in [-0.2, -0.15) is 0 Å². The topological polar surface area (TPSA) is 15.3 Å². The lowest BCUT2D eigenvalue weighted by Crippen LogP contribution is -2.47. The maximum absolute atomic E-state index is 3.58. The summed E-state index contributed by atoms with van der Waals surface area (Å²) in [6, 6.07) is 1.40. The maximum Gasteiger partial charge on any atom is 0.0220 e. The van der Waals surface area contributed by atoms with Crippen molar-refractivity contribution < 1.29 is 0 Å². The highest BCUT2D eigenvalue weighted by atomic mass is 15.2. The highest BCUT2D eigenvalue weighted by molar-refractivity contribution is 4.79. The van der Waals surface area contributed by atoms with E-state index in [1.807, 2.05) is 0 Å². The van der Waals surface area contributed by atoms with Gasteiger partial charge in [0.1, 0.15) is 0 Å². The van der Waals surface area contributed by atoms with Crippen molar-refractivity contribution in [3.8, 4) is 0 Å². The molecule has 0 aromatic carbocycles. The van der Waals surface area contributed by atoms with Crippen molar-refractivity contribution in [3.05, 3.63) is 0 Å². The van der Waals surface area contributed by atoms with Gasteiger partial charge in [0.05, 0.1) is 0 Å². The smallest absolute Gasteiger partial charge is 0.0220 e. The first kappa shape index (κ1) is 13.0. The largest absolute Gasteiger partial charge is 0.313 e. The quantitative estimate of drug-likeness (QED) is 0.753. The van der Waals surface area contributed by atoms with E-state index < -0.39 is 0 Å². The molecule has 15 heavy (non-hydrogen) atoms. The van der Waals surface area contributed by atoms with Crippen molar-refractivity contribution in [2.75, 3.05) is 19.6 Å². The Bertz CT molecular complexity index is 166. The molecule has 1 heterocycles. The van der Waals surface area contributed by atoms with Gasteiger partial charge < -0.3 is 5.32 Å². The van der Waals surface area contributed by atoms with Gasteiger partial charge in [-0.25, -0.2) is 0 Å². The Balaban J connectivity index is 2.35. The van der Waals surface area contributed by atoms with Gasteiger partial charge in [0.2, 0.25) is 0 Å². The Hall–Kier alpha value is -0.0800. The zero-order valence-corrected chi connectivity index (χ0v) is 10.9. The molecule has 0 aromatic heterocycles. The van der Waals surface area contributed by atoms with Gasteiger partial charge in [-0.1, -0.05) is 34.1 Å². The molecule has 0 spiro atoms. The van der Waals surface area contributed by atoms with Crippen molar-refractivity contribution >= 4 is 0 Å². The third-order valence-corrected chi connectivity index (χ3v) is 3.11. The van der Waals surface area contributed by atoms with Crippen molar-refractivity contribution in [3.63, 3.8) is 0 Å². The van der Waals surface area contributed by atoms with E-state index in [1.165, 1.54) is 38.9 Å². The average Bonchev–Trinajstić information content (AvgIpc) is 2.15. The second-order valence-electron chi connectivity index (χ2n) is 5.60. The normalized spacial score (nSPS) is 24.0. The first-order valence-corrected chi connectivity index (χ1v) is 6.57. The molecule has 1 aliphatic rings. The fourth-order valence-electron chi connectivity index (χ4n) is 2.37. The lowest BCUT2D eigenvalue weighted by atomic mass is 10.0. The van der Waals surface area contributed by atoms with Crippen LogP contribution in [0.4, 0.5) is 0 Å². The predicted molar refractivity (Wildman–Crippen MR) is 67.2 cm³/mol. The standard InChI is InChI=1S/C13H28N2/c1-11(2)10-15-8-6-5-7-13(15)9-14-12(3)4/h11-14H,5-10H2,1-4H3. The van der Waals surface area contributed by atoms with Gasteiger partial charge in [-0.05, 0) is 25.3 Å². The maximum atomic E-state index is 3.58. The molecule has 1 atom stereocenters.